The molecule has 8 heteroatoms. The number of nitrogens with two attached hydrogens (primary N) is 1. The summed E-state index contributed by atoms with van der Waals surface area (Å²) in [6.07, 6.45) is 4.12. The molecule has 1 aromatic rings. The molecular weight excluding hydrogens is 382 g/mol. The van der Waals surface area contributed by atoms with E-state index in [0.29, 0.717) is 30.2 Å². The maximum atomic E-state index is 12.8. The van der Waals surface area contributed by atoms with E-state index in [1.54, 1.807) is 32.4 Å². The fourth-order valence-corrected chi connectivity index (χ4v) is 3.95. The fraction of sp³-hybridized carbons (Fsp3) is 0.600. The second-order valence-corrected chi connectivity index (χ2v) is 7.41. The van der Waals surface area contributed by atoms with Crippen LogP contribution in [0.1, 0.15) is 42.5 Å². The molecule has 1 aliphatic carbocycles. The van der Waals surface area contributed by atoms with Gasteiger partial charge in [-0.3, -0.25) is 9.59 Å². The average molecular weight is 412 g/mol. The van der Waals surface area contributed by atoms with Crippen LogP contribution in [0.5, 0.6) is 11.5 Å². The highest BCUT2D eigenvalue weighted by molar-refractivity contribution is 5.95. The van der Waals surface area contributed by atoms with Crippen LogP contribution in [0.25, 0.3) is 0 Å². The van der Waals surface area contributed by atoms with Crippen LogP contribution in [-0.2, 0) is 4.79 Å². The van der Waals surface area contributed by atoms with E-state index in [4.69, 9.17) is 15.2 Å². The molecule has 2 aliphatic rings. The number of hydrogen-bond donors (Lipinski definition) is 2. The lowest BCUT2D eigenvalue weighted by Crippen LogP contribution is -2.47. The molecule has 0 radical (unpaired) electrons. The summed E-state index contributed by atoms with van der Waals surface area (Å²) >= 11 is 0. The number of likely N-dealkylation sites (tertiary alicyclic amines) is 1. The number of rotatable bonds is 5. The van der Waals surface area contributed by atoms with Crippen molar-refractivity contribution in [1.82, 2.24) is 10.2 Å². The van der Waals surface area contributed by atoms with Crippen molar-refractivity contribution >= 4 is 24.2 Å². The van der Waals surface area contributed by atoms with Crippen molar-refractivity contribution in [2.24, 2.45) is 11.7 Å². The molecule has 3 rings (SSSR count). The predicted octanol–water partition coefficient (Wildman–Crippen LogP) is 1.97. The van der Waals surface area contributed by atoms with Crippen LogP contribution in [0.3, 0.4) is 0 Å². The quantitative estimate of drug-likeness (QED) is 0.772. The molecule has 1 aromatic carbocycles. The molecule has 2 amide bonds. The Hall–Kier alpha value is -1.99. The van der Waals surface area contributed by atoms with Gasteiger partial charge in [-0.25, -0.2) is 0 Å². The molecule has 2 fully saturated rings. The summed E-state index contributed by atoms with van der Waals surface area (Å²) in [6, 6.07) is 5.48. The third-order valence-electron chi connectivity index (χ3n) is 5.60. The maximum Gasteiger partial charge on any atom is 0.253 e. The van der Waals surface area contributed by atoms with Crippen LogP contribution >= 0.6 is 12.4 Å². The number of ether oxygens (including phenoxy) is 2. The van der Waals surface area contributed by atoms with Crippen molar-refractivity contribution < 1.29 is 19.1 Å². The standard InChI is InChI=1S/C20H29N3O4.ClH/c1-26-17-6-4-14(12-18(17)27-2)20(25)23-9-7-16(8-10-23)22-19(24)13-3-5-15(21)11-13;/h4,6,12-13,15-16H,3,5,7-11,21H2,1-2H3,(H,22,24);1H. The largest absolute Gasteiger partial charge is 0.493 e. The SMILES string of the molecule is COc1ccc(C(=O)N2CCC(NC(=O)C3CCC(N)C3)CC2)cc1OC.Cl. The van der Waals surface area contributed by atoms with Crippen LogP contribution in [-0.4, -0.2) is 56.1 Å². The second-order valence-electron chi connectivity index (χ2n) is 7.41. The first-order valence-corrected chi connectivity index (χ1v) is 9.59. The van der Waals surface area contributed by atoms with Gasteiger partial charge in [0.15, 0.2) is 11.5 Å². The van der Waals surface area contributed by atoms with Gasteiger partial charge in [-0.15, -0.1) is 12.4 Å². The minimum Gasteiger partial charge on any atom is -0.493 e. The first-order chi connectivity index (χ1) is 13.0. The molecular formula is C20H30ClN3O4. The number of nitrogens with zero attached hydrogens (tertiary/aromatic N) is 1. The van der Waals surface area contributed by atoms with Crippen LogP contribution in [0.4, 0.5) is 0 Å². The second kappa shape index (κ2) is 9.98. The van der Waals surface area contributed by atoms with Gasteiger partial charge in [0.05, 0.1) is 14.2 Å². The minimum atomic E-state index is -0.0255. The van der Waals surface area contributed by atoms with Gasteiger partial charge < -0.3 is 25.4 Å². The Bertz CT molecular complexity index is 692. The van der Waals surface area contributed by atoms with Gasteiger partial charge in [0.25, 0.3) is 5.91 Å². The van der Waals surface area contributed by atoms with E-state index in [1.165, 1.54) is 0 Å². The van der Waals surface area contributed by atoms with Crippen molar-refractivity contribution in [2.45, 2.75) is 44.2 Å². The van der Waals surface area contributed by atoms with Gasteiger partial charge in [-0.2, -0.15) is 0 Å². The highest BCUT2D eigenvalue weighted by Crippen LogP contribution is 2.29. The molecule has 1 heterocycles. The Labute approximate surface area is 172 Å². The Morgan fingerprint density at radius 1 is 1.07 bits per heavy atom. The number of benzene rings is 1. The molecule has 3 N–H and O–H groups in total. The van der Waals surface area contributed by atoms with Gasteiger partial charge in [-0.1, -0.05) is 0 Å². The van der Waals surface area contributed by atoms with Gasteiger partial charge in [0.2, 0.25) is 5.91 Å². The summed E-state index contributed by atoms with van der Waals surface area (Å²) in [5.41, 5.74) is 6.48. The van der Waals surface area contributed by atoms with E-state index in [0.717, 1.165) is 32.1 Å². The zero-order valence-corrected chi connectivity index (χ0v) is 17.3. The van der Waals surface area contributed by atoms with Gasteiger partial charge >= 0.3 is 0 Å². The third kappa shape index (κ3) is 5.08. The van der Waals surface area contributed by atoms with E-state index in [1.807, 2.05) is 4.90 Å². The molecule has 28 heavy (non-hydrogen) atoms. The van der Waals surface area contributed by atoms with E-state index >= 15 is 0 Å². The van der Waals surface area contributed by atoms with Crippen LogP contribution in [0.2, 0.25) is 0 Å². The van der Waals surface area contributed by atoms with Crippen molar-refractivity contribution in [3.8, 4) is 11.5 Å². The van der Waals surface area contributed by atoms with Crippen molar-refractivity contribution in [3.63, 3.8) is 0 Å². The van der Waals surface area contributed by atoms with Crippen molar-refractivity contribution in [1.29, 1.82) is 0 Å². The summed E-state index contributed by atoms with van der Waals surface area (Å²) < 4.78 is 10.5. The molecule has 2 atom stereocenters. The zero-order chi connectivity index (χ0) is 19.4. The first kappa shape index (κ1) is 22.3. The van der Waals surface area contributed by atoms with Crippen molar-refractivity contribution in [3.05, 3.63) is 23.8 Å². The molecule has 7 nitrogen and oxygen atoms in total. The van der Waals surface area contributed by atoms with Crippen molar-refractivity contribution in [2.75, 3.05) is 27.3 Å². The number of halogens is 1. The lowest BCUT2D eigenvalue weighted by molar-refractivity contribution is -0.125. The van der Waals surface area contributed by atoms with Crippen LogP contribution < -0.4 is 20.5 Å². The minimum absolute atomic E-state index is 0. The Kier molecular flexibility index (Phi) is 7.95. The molecule has 0 bridgehead atoms. The van der Waals surface area contributed by atoms with E-state index in [9.17, 15) is 9.59 Å². The Balaban J connectivity index is 0.00000280. The zero-order valence-electron chi connectivity index (χ0n) is 16.5. The number of amides is 2. The highest BCUT2D eigenvalue weighted by atomic mass is 35.5. The third-order valence-corrected chi connectivity index (χ3v) is 5.60. The number of hydrogen-bond acceptors (Lipinski definition) is 5. The lowest BCUT2D eigenvalue weighted by atomic mass is 10.0. The highest BCUT2D eigenvalue weighted by Gasteiger charge is 2.30. The maximum absolute atomic E-state index is 12.8. The van der Waals surface area contributed by atoms with E-state index in [-0.39, 0.29) is 42.2 Å². The van der Waals surface area contributed by atoms with E-state index < -0.39 is 0 Å². The number of carbonyl (C=O) groups is 2. The summed E-state index contributed by atoms with van der Waals surface area (Å²) in [5.74, 6) is 1.28. The first-order valence-electron chi connectivity index (χ1n) is 9.59. The fourth-order valence-electron chi connectivity index (χ4n) is 3.95. The monoisotopic (exact) mass is 411 g/mol. The normalized spacial score (nSPS) is 22.3. The predicted molar refractivity (Wildman–Crippen MR) is 109 cm³/mol. The number of nitrogens with one attached hydrogen (secondary N) is 1. The van der Waals surface area contributed by atoms with Gasteiger partial charge in [0, 0.05) is 36.7 Å². The van der Waals surface area contributed by atoms with Gasteiger partial charge in [0.1, 0.15) is 0 Å². The number of piperidine rings is 1. The topological polar surface area (TPSA) is 93.9 Å². The molecule has 2 unspecified atom stereocenters. The number of carbonyl (C=O) groups excluding carboxylic acids is 2. The summed E-state index contributed by atoms with van der Waals surface area (Å²) in [6.45, 7) is 1.25. The Morgan fingerprint density at radius 3 is 2.32 bits per heavy atom. The molecule has 1 aliphatic heterocycles. The van der Waals surface area contributed by atoms with Gasteiger partial charge in [-0.05, 0) is 50.3 Å². The molecule has 1 saturated heterocycles. The smallest absolute Gasteiger partial charge is 0.253 e. The van der Waals surface area contributed by atoms with Crippen LogP contribution in [0, 0.1) is 5.92 Å². The molecule has 0 aromatic heterocycles. The van der Waals surface area contributed by atoms with E-state index in [2.05, 4.69) is 5.32 Å². The molecule has 156 valence electrons. The number of methoxy groups -OCH3 is 2. The van der Waals surface area contributed by atoms with Crippen LogP contribution in [0.15, 0.2) is 18.2 Å². The summed E-state index contributed by atoms with van der Waals surface area (Å²) in [5, 5.41) is 3.14. The molecule has 0 spiro atoms. The lowest BCUT2D eigenvalue weighted by Gasteiger charge is -2.33. The summed E-state index contributed by atoms with van der Waals surface area (Å²) in [4.78, 5) is 27.0. The molecule has 1 saturated carbocycles. The summed E-state index contributed by atoms with van der Waals surface area (Å²) in [7, 11) is 3.12. The average Bonchev–Trinajstić information content (AvgIpc) is 3.14. The Morgan fingerprint density at radius 2 is 1.75 bits per heavy atom.